The molecule has 0 atom stereocenters. The molecule has 0 saturated heterocycles. The number of rotatable bonds is 8. The largest absolute Gasteiger partial charge is 0.397 e. The molecule has 0 spiro atoms. The topological polar surface area (TPSA) is 64.3 Å². The smallest absolute Gasteiger partial charge is 0.226 e. The van der Waals surface area contributed by atoms with Gasteiger partial charge in [0, 0.05) is 11.6 Å². The number of hydrogen-bond acceptors (Lipinski definition) is 3. The van der Waals surface area contributed by atoms with E-state index in [1.165, 1.54) is 0 Å². The molecule has 0 aliphatic rings. The number of anilines is 2. The van der Waals surface area contributed by atoms with Crippen LogP contribution < -0.4 is 11.1 Å². The molecule has 1 aromatic carbocycles. The molecule has 0 aromatic heterocycles. The van der Waals surface area contributed by atoms with Crippen molar-refractivity contribution in [2.24, 2.45) is 5.92 Å². The average molecular weight is 299 g/mol. The lowest BCUT2D eigenvalue weighted by Crippen LogP contribution is -2.15. The van der Waals surface area contributed by atoms with Crippen LogP contribution in [0.25, 0.3) is 0 Å². The van der Waals surface area contributed by atoms with Crippen molar-refractivity contribution in [3.05, 3.63) is 23.2 Å². The Morgan fingerprint density at radius 3 is 2.85 bits per heavy atom. The molecule has 0 fully saturated rings. The molecule has 0 unspecified atom stereocenters. The molecule has 0 heterocycles. The van der Waals surface area contributed by atoms with Gasteiger partial charge in [-0.2, -0.15) is 0 Å². The van der Waals surface area contributed by atoms with E-state index in [1.807, 2.05) is 0 Å². The molecule has 0 aliphatic carbocycles. The number of nitrogen functional groups attached to an aromatic ring is 1. The van der Waals surface area contributed by atoms with Gasteiger partial charge in [0.05, 0.1) is 24.4 Å². The Hall–Kier alpha value is -1.26. The molecule has 20 heavy (non-hydrogen) atoms. The van der Waals surface area contributed by atoms with E-state index in [2.05, 4.69) is 19.2 Å². The normalized spacial score (nSPS) is 10.8. The number of benzene rings is 1. The quantitative estimate of drug-likeness (QED) is 0.568. The van der Waals surface area contributed by atoms with Crippen molar-refractivity contribution in [3.63, 3.8) is 0 Å². The van der Waals surface area contributed by atoms with E-state index < -0.39 is 0 Å². The van der Waals surface area contributed by atoms with Crippen LogP contribution in [0.15, 0.2) is 18.2 Å². The van der Waals surface area contributed by atoms with Gasteiger partial charge < -0.3 is 15.8 Å². The second kappa shape index (κ2) is 8.82. The first-order chi connectivity index (χ1) is 9.49. The number of hydrogen-bond donors (Lipinski definition) is 2. The van der Waals surface area contributed by atoms with Crippen LogP contribution in [-0.2, 0) is 9.53 Å². The summed E-state index contributed by atoms with van der Waals surface area (Å²) in [6.07, 6.45) is 2.49. The second-order valence-electron chi connectivity index (χ2n) is 5.18. The van der Waals surface area contributed by atoms with Crippen molar-refractivity contribution >= 4 is 28.9 Å². The summed E-state index contributed by atoms with van der Waals surface area (Å²) in [5.74, 6) is 0.565. The van der Waals surface area contributed by atoms with Crippen molar-refractivity contribution in [2.75, 3.05) is 24.3 Å². The van der Waals surface area contributed by atoms with Crippen LogP contribution in [0.3, 0.4) is 0 Å². The highest BCUT2D eigenvalue weighted by atomic mass is 35.5. The Morgan fingerprint density at radius 1 is 1.40 bits per heavy atom. The van der Waals surface area contributed by atoms with Gasteiger partial charge in [0.25, 0.3) is 0 Å². The van der Waals surface area contributed by atoms with E-state index >= 15 is 0 Å². The van der Waals surface area contributed by atoms with Gasteiger partial charge in [0.1, 0.15) is 0 Å². The third-order valence-corrected chi connectivity index (χ3v) is 3.07. The van der Waals surface area contributed by atoms with Crippen LogP contribution in [0, 0.1) is 5.92 Å². The summed E-state index contributed by atoms with van der Waals surface area (Å²) in [4.78, 5) is 11.7. The Kier molecular flexibility index (Phi) is 7.41. The minimum Gasteiger partial charge on any atom is -0.397 e. The van der Waals surface area contributed by atoms with E-state index in [0.717, 1.165) is 12.8 Å². The maximum atomic E-state index is 11.7. The Balaban J connectivity index is 2.22. The zero-order valence-corrected chi connectivity index (χ0v) is 12.9. The van der Waals surface area contributed by atoms with Gasteiger partial charge in [0.2, 0.25) is 5.91 Å². The highest BCUT2D eigenvalue weighted by molar-refractivity contribution is 6.31. The summed E-state index contributed by atoms with van der Waals surface area (Å²) >= 11 is 5.86. The average Bonchev–Trinajstić information content (AvgIpc) is 2.37. The molecular formula is C15H23ClN2O2. The Bertz CT molecular complexity index is 436. The van der Waals surface area contributed by atoms with Crippen molar-refractivity contribution in [1.29, 1.82) is 0 Å². The van der Waals surface area contributed by atoms with Crippen molar-refractivity contribution in [2.45, 2.75) is 33.1 Å². The van der Waals surface area contributed by atoms with E-state index in [1.54, 1.807) is 18.2 Å². The lowest BCUT2D eigenvalue weighted by Gasteiger charge is -2.09. The zero-order chi connectivity index (χ0) is 15.0. The summed E-state index contributed by atoms with van der Waals surface area (Å²) in [5, 5.41) is 3.27. The highest BCUT2D eigenvalue weighted by Crippen LogP contribution is 2.22. The first-order valence-electron chi connectivity index (χ1n) is 6.91. The van der Waals surface area contributed by atoms with E-state index in [-0.39, 0.29) is 5.91 Å². The molecule has 0 radical (unpaired) electrons. The highest BCUT2D eigenvalue weighted by Gasteiger charge is 2.06. The maximum absolute atomic E-state index is 11.7. The van der Waals surface area contributed by atoms with Gasteiger partial charge in [-0.3, -0.25) is 4.79 Å². The van der Waals surface area contributed by atoms with Gasteiger partial charge in [-0.05, 0) is 37.0 Å². The molecule has 1 rings (SSSR count). The second-order valence-corrected chi connectivity index (χ2v) is 5.61. The summed E-state index contributed by atoms with van der Waals surface area (Å²) in [6.45, 7) is 5.49. The standard InChI is InChI=1S/C15H23ClN2O2/c1-11(2)4-3-8-20-9-7-15(19)18-14-10-12(16)5-6-13(14)17/h5-6,10-11H,3-4,7-9,17H2,1-2H3,(H,18,19). The fourth-order valence-corrected chi connectivity index (χ4v) is 1.88. The van der Waals surface area contributed by atoms with Gasteiger partial charge in [-0.15, -0.1) is 0 Å². The monoisotopic (exact) mass is 298 g/mol. The Labute approximate surface area is 125 Å². The van der Waals surface area contributed by atoms with Gasteiger partial charge in [0.15, 0.2) is 0 Å². The minimum atomic E-state index is -0.122. The van der Waals surface area contributed by atoms with E-state index in [0.29, 0.717) is 41.9 Å². The van der Waals surface area contributed by atoms with Gasteiger partial charge >= 0.3 is 0 Å². The number of carbonyl (C=O) groups excluding carboxylic acids is 1. The van der Waals surface area contributed by atoms with Crippen LogP contribution >= 0.6 is 11.6 Å². The Morgan fingerprint density at radius 2 is 2.15 bits per heavy atom. The maximum Gasteiger partial charge on any atom is 0.226 e. The van der Waals surface area contributed by atoms with Gasteiger partial charge in [-0.1, -0.05) is 25.4 Å². The molecule has 3 N–H and O–H groups in total. The molecular weight excluding hydrogens is 276 g/mol. The molecule has 5 heteroatoms. The minimum absolute atomic E-state index is 0.122. The lowest BCUT2D eigenvalue weighted by molar-refractivity contribution is -0.117. The first kappa shape index (κ1) is 16.8. The van der Waals surface area contributed by atoms with Crippen LogP contribution in [0.2, 0.25) is 5.02 Å². The number of halogens is 1. The van der Waals surface area contributed by atoms with Crippen LogP contribution in [0.1, 0.15) is 33.1 Å². The fraction of sp³-hybridized carbons (Fsp3) is 0.533. The van der Waals surface area contributed by atoms with Gasteiger partial charge in [-0.25, -0.2) is 0 Å². The van der Waals surface area contributed by atoms with E-state index in [4.69, 9.17) is 22.1 Å². The van der Waals surface area contributed by atoms with Crippen molar-refractivity contribution < 1.29 is 9.53 Å². The van der Waals surface area contributed by atoms with Crippen molar-refractivity contribution in [1.82, 2.24) is 0 Å². The summed E-state index contributed by atoms with van der Waals surface area (Å²) in [6, 6.07) is 4.99. The molecule has 0 saturated carbocycles. The SMILES string of the molecule is CC(C)CCCOCCC(=O)Nc1cc(Cl)ccc1N. The predicted molar refractivity (Wildman–Crippen MR) is 84.0 cm³/mol. The first-order valence-corrected chi connectivity index (χ1v) is 7.29. The number of ether oxygens (including phenoxy) is 1. The van der Waals surface area contributed by atoms with Crippen molar-refractivity contribution in [3.8, 4) is 0 Å². The molecule has 0 aliphatic heterocycles. The number of nitrogens with two attached hydrogens (primary N) is 1. The van der Waals surface area contributed by atoms with Crippen LogP contribution in [0.5, 0.6) is 0 Å². The molecule has 1 amide bonds. The molecule has 112 valence electrons. The van der Waals surface area contributed by atoms with Crippen LogP contribution in [0.4, 0.5) is 11.4 Å². The number of carbonyl (C=O) groups is 1. The molecule has 4 nitrogen and oxygen atoms in total. The summed E-state index contributed by atoms with van der Waals surface area (Å²) in [5.41, 5.74) is 6.80. The number of amides is 1. The third-order valence-electron chi connectivity index (χ3n) is 2.83. The predicted octanol–water partition coefficient (Wildman–Crippen LogP) is 3.70. The zero-order valence-electron chi connectivity index (χ0n) is 12.1. The summed E-state index contributed by atoms with van der Waals surface area (Å²) < 4.78 is 5.43. The van der Waals surface area contributed by atoms with Crippen LogP contribution in [-0.4, -0.2) is 19.1 Å². The number of nitrogens with one attached hydrogen (secondary N) is 1. The molecule has 1 aromatic rings. The van der Waals surface area contributed by atoms with E-state index in [9.17, 15) is 4.79 Å². The lowest BCUT2D eigenvalue weighted by atomic mass is 10.1. The third kappa shape index (κ3) is 6.78. The summed E-state index contributed by atoms with van der Waals surface area (Å²) in [7, 11) is 0. The fourth-order valence-electron chi connectivity index (χ4n) is 1.71. The molecule has 0 bridgehead atoms.